The standard InChI is InChI=1S/C24H16BrF2N3OS/c25-14-8-9-15(17(27)13-14)20-10-11-21(31-20)23-22(18-6-3-4-12-28-18)29-24(32)30(23)19-7-2-1-5-16(19)26/h1-13,22-23H,(H,29,32)/t22-,23+/m0/s1. The van der Waals surface area contributed by atoms with Crippen LogP contribution in [0.4, 0.5) is 14.5 Å². The number of furan rings is 1. The molecular formula is C24H16BrF2N3OS. The van der Waals surface area contributed by atoms with Gasteiger partial charge < -0.3 is 14.6 Å². The molecule has 0 aliphatic carbocycles. The molecule has 0 amide bonds. The fraction of sp³-hybridized carbons (Fsp3) is 0.0833. The van der Waals surface area contributed by atoms with Gasteiger partial charge in [0.1, 0.15) is 29.2 Å². The minimum atomic E-state index is -0.526. The van der Waals surface area contributed by atoms with E-state index in [4.69, 9.17) is 16.6 Å². The molecule has 4 nitrogen and oxygen atoms in total. The van der Waals surface area contributed by atoms with E-state index in [-0.39, 0.29) is 0 Å². The molecule has 1 aliphatic rings. The van der Waals surface area contributed by atoms with Crippen molar-refractivity contribution in [2.75, 3.05) is 4.90 Å². The lowest BCUT2D eigenvalue weighted by Gasteiger charge is -2.26. The molecule has 3 heterocycles. The van der Waals surface area contributed by atoms with E-state index in [2.05, 4.69) is 26.2 Å². The second-order valence-electron chi connectivity index (χ2n) is 7.27. The summed E-state index contributed by atoms with van der Waals surface area (Å²) in [6.07, 6.45) is 1.69. The van der Waals surface area contributed by atoms with E-state index in [0.29, 0.717) is 32.4 Å². The molecule has 1 N–H and O–H groups in total. The number of pyridine rings is 1. The number of halogens is 3. The van der Waals surface area contributed by atoms with Crippen molar-refractivity contribution in [3.05, 3.63) is 107 Å². The Kier molecular flexibility index (Phi) is 5.48. The highest BCUT2D eigenvalue weighted by molar-refractivity contribution is 9.10. The lowest BCUT2D eigenvalue weighted by Crippen LogP contribution is -2.30. The smallest absolute Gasteiger partial charge is 0.174 e. The third-order valence-corrected chi connectivity index (χ3v) is 6.13. The fourth-order valence-corrected chi connectivity index (χ4v) is 4.57. The lowest BCUT2D eigenvalue weighted by atomic mass is 10.0. The van der Waals surface area contributed by atoms with Crippen LogP contribution in [0.25, 0.3) is 11.3 Å². The minimum Gasteiger partial charge on any atom is -0.459 e. The van der Waals surface area contributed by atoms with Gasteiger partial charge in [0.25, 0.3) is 0 Å². The average molecular weight is 512 g/mol. The van der Waals surface area contributed by atoms with Gasteiger partial charge in [0.2, 0.25) is 0 Å². The summed E-state index contributed by atoms with van der Waals surface area (Å²) in [5.41, 5.74) is 1.38. The second kappa shape index (κ2) is 8.44. The van der Waals surface area contributed by atoms with Crippen molar-refractivity contribution in [2.45, 2.75) is 12.1 Å². The van der Waals surface area contributed by atoms with E-state index < -0.39 is 23.7 Å². The molecule has 2 aromatic heterocycles. The number of rotatable bonds is 4. The number of para-hydroxylation sites is 1. The Morgan fingerprint density at radius 2 is 1.78 bits per heavy atom. The monoisotopic (exact) mass is 511 g/mol. The number of hydrogen-bond donors (Lipinski definition) is 1. The summed E-state index contributed by atoms with van der Waals surface area (Å²) in [6.45, 7) is 0. The van der Waals surface area contributed by atoms with Gasteiger partial charge in [-0.1, -0.05) is 34.1 Å². The van der Waals surface area contributed by atoms with Crippen molar-refractivity contribution in [3.8, 4) is 11.3 Å². The summed E-state index contributed by atoms with van der Waals surface area (Å²) in [6, 6.07) is 19.3. The number of benzene rings is 2. The van der Waals surface area contributed by atoms with Crippen molar-refractivity contribution >= 4 is 38.9 Å². The number of thiocarbonyl (C=S) groups is 1. The van der Waals surface area contributed by atoms with Crippen LogP contribution >= 0.6 is 28.1 Å². The maximum atomic E-state index is 14.8. The van der Waals surface area contributed by atoms with Crippen LogP contribution in [-0.2, 0) is 0 Å². The van der Waals surface area contributed by atoms with E-state index in [9.17, 15) is 8.78 Å². The lowest BCUT2D eigenvalue weighted by molar-refractivity contribution is 0.436. The molecule has 8 heteroatoms. The number of nitrogens with zero attached hydrogens (tertiary/aromatic N) is 2. The summed E-state index contributed by atoms with van der Waals surface area (Å²) in [4.78, 5) is 6.15. The van der Waals surface area contributed by atoms with Crippen LogP contribution in [-0.4, -0.2) is 10.1 Å². The first-order chi connectivity index (χ1) is 15.5. The quantitative estimate of drug-likeness (QED) is 0.314. The summed E-state index contributed by atoms with van der Waals surface area (Å²) in [7, 11) is 0. The normalized spacial score (nSPS) is 18.1. The molecule has 0 spiro atoms. The third-order valence-electron chi connectivity index (χ3n) is 5.32. The van der Waals surface area contributed by atoms with Gasteiger partial charge in [-0.2, -0.15) is 0 Å². The summed E-state index contributed by atoms with van der Waals surface area (Å²) < 4.78 is 36.0. The molecule has 5 rings (SSSR count). The van der Waals surface area contributed by atoms with E-state index in [0.717, 1.165) is 5.69 Å². The fourth-order valence-electron chi connectivity index (χ4n) is 3.90. The Labute approximate surface area is 197 Å². The highest BCUT2D eigenvalue weighted by Crippen LogP contribution is 2.43. The van der Waals surface area contributed by atoms with Crippen LogP contribution < -0.4 is 10.2 Å². The van der Waals surface area contributed by atoms with E-state index in [1.807, 2.05) is 18.2 Å². The van der Waals surface area contributed by atoms with E-state index in [1.54, 1.807) is 53.6 Å². The largest absolute Gasteiger partial charge is 0.459 e. The Hall–Kier alpha value is -3.10. The minimum absolute atomic E-state index is 0.321. The Morgan fingerprint density at radius 3 is 2.53 bits per heavy atom. The number of anilines is 1. The average Bonchev–Trinajstić information content (AvgIpc) is 3.39. The van der Waals surface area contributed by atoms with Crippen LogP contribution in [0, 0.1) is 11.6 Å². The molecule has 1 fully saturated rings. The molecular weight excluding hydrogens is 496 g/mol. The first-order valence-electron chi connectivity index (χ1n) is 9.83. The Morgan fingerprint density at radius 1 is 0.969 bits per heavy atom. The van der Waals surface area contributed by atoms with Gasteiger partial charge in [0, 0.05) is 10.7 Å². The molecule has 1 aliphatic heterocycles. The highest BCUT2D eigenvalue weighted by atomic mass is 79.9. The Balaban J connectivity index is 1.62. The van der Waals surface area contributed by atoms with Gasteiger partial charge in [0.05, 0.1) is 23.0 Å². The molecule has 4 aromatic rings. The van der Waals surface area contributed by atoms with Crippen molar-refractivity contribution in [1.82, 2.24) is 10.3 Å². The Bertz CT molecular complexity index is 1300. The second-order valence-corrected chi connectivity index (χ2v) is 8.58. The van der Waals surface area contributed by atoms with Gasteiger partial charge in [-0.25, -0.2) is 8.78 Å². The van der Waals surface area contributed by atoms with Gasteiger partial charge in [-0.05, 0) is 66.8 Å². The zero-order valence-corrected chi connectivity index (χ0v) is 18.9. The van der Waals surface area contributed by atoms with Crippen LogP contribution in [0.2, 0.25) is 0 Å². The first kappa shape index (κ1) is 20.8. The third kappa shape index (κ3) is 3.69. The van der Waals surface area contributed by atoms with Crippen LogP contribution in [0.3, 0.4) is 0 Å². The van der Waals surface area contributed by atoms with E-state index in [1.165, 1.54) is 12.1 Å². The summed E-state index contributed by atoms with van der Waals surface area (Å²) in [5, 5.41) is 3.60. The topological polar surface area (TPSA) is 41.3 Å². The first-order valence-corrected chi connectivity index (χ1v) is 11.0. The highest BCUT2D eigenvalue weighted by Gasteiger charge is 2.43. The van der Waals surface area contributed by atoms with Crippen LogP contribution in [0.5, 0.6) is 0 Å². The van der Waals surface area contributed by atoms with Crippen molar-refractivity contribution in [3.63, 3.8) is 0 Å². The zero-order valence-electron chi connectivity index (χ0n) is 16.5. The molecule has 0 saturated carbocycles. The van der Waals surface area contributed by atoms with Crippen molar-refractivity contribution < 1.29 is 13.2 Å². The number of aromatic nitrogens is 1. The maximum Gasteiger partial charge on any atom is 0.174 e. The maximum absolute atomic E-state index is 14.8. The number of nitrogens with one attached hydrogen (secondary N) is 1. The molecule has 160 valence electrons. The molecule has 1 saturated heterocycles. The van der Waals surface area contributed by atoms with Gasteiger partial charge in [0.15, 0.2) is 5.11 Å². The number of hydrogen-bond acceptors (Lipinski definition) is 3. The predicted octanol–water partition coefficient (Wildman–Crippen LogP) is 6.56. The molecule has 0 bridgehead atoms. The summed E-state index contributed by atoms with van der Waals surface area (Å²) in [5.74, 6) is 0.0614. The summed E-state index contributed by atoms with van der Waals surface area (Å²) >= 11 is 8.85. The zero-order chi connectivity index (χ0) is 22.2. The van der Waals surface area contributed by atoms with Crippen molar-refractivity contribution in [1.29, 1.82) is 0 Å². The van der Waals surface area contributed by atoms with Crippen LogP contribution in [0.15, 0.2) is 87.9 Å². The van der Waals surface area contributed by atoms with E-state index >= 15 is 0 Å². The van der Waals surface area contributed by atoms with Crippen LogP contribution in [0.1, 0.15) is 23.5 Å². The SMILES string of the molecule is Fc1cc(Br)ccc1-c1ccc([C@@H]2[C@H](c3ccccn3)NC(=S)N2c2ccccc2F)o1. The molecule has 32 heavy (non-hydrogen) atoms. The molecule has 2 aromatic carbocycles. The van der Waals surface area contributed by atoms with Gasteiger partial charge in [-0.3, -0.25) is 4.98 Å². The molecule has 2 atom stereocenters. The predicted molar refractivity (Wildman–Crippen MR) is 126 cm³/mol. The van der Waals surface area contributed by atoms with Crippen molar-refractivity contribution in [2.24, 2.45) is 0 Å². The van der Waals surface area contributed by atoms with Gasteiger partial charge >= 0.3 is 0 Å². The van der Waals surface area contributed by atoms with Gasteiger partial charge in [-0.15, -0.1) is 0 Å². The molecule has 0 radical (unpaired) electrons. The molecule has 0 unspecified atom stereocenters.